The van der Waals surface area contributed by atoms with Gasteiger partial charge in [-0.2, -0.15) is 0 Å². The van der Waals surface area contributed by atoms with Crippen LogP contribution in [0.4, 0.5) is 15.8 Å². The van der Waals surface area contributed by atoms with E-state index in [0.717, 1.165) is 6.07 Å². The van der Waals surface area contributed by atoms with Gasteiger partial charge in [-0.15, -0.1) is 0 Å². The summed E-state index contributed by atoms with van der Waals surface area (Å²) in [5, 5.41) is 13.3. The summed E-state index contributed by atoms with van der Waals surface area (Å²) in [6, 6.07) is 7.94. The molecular formula is C14H10BrFN2O3. The first-order chi connectivity index (χ1) is 9.86. The number of nitrogens with zero attached hydrogens (tertiary/aromatic N) is 1. The predicted molar refractivity (Wildman–Crippen MR) is 79.9 cm³/mol. The maximum absolute atomic E-state index is 13.3. The van der Waals surface area contributed by atoms with Crippen molar-refractivity contribution in [2.45, 2.75) is 6.92 Å². The lowest BCUT2D eigenvalue weighted by atomic mass is 10.1. The van der Waals surface area contributed by atoms with Crippen LogP contribution < -0.4 is 5.32 Å². The minimum Gasteiger partial charge on any atom is -0.321 e. The summed E-state index contributed by atoms with van der Waals surface area (Å²) in [4.78, 5) is 22.3. The second kappa shape index (κ2) is 6.01. The van der Waals surface area contributed by atoms with Crippen molar-refractivity contribution in [3.05, 3.63) is 67.9 Å². The summed E-state index contributed by atoms with van der Waals surface area (Å²) in [5.74, 6) is -1.09. The Morgan fingerprint density at radius 2 is 2.00 bits per heavy atom. The summed E-state index contributed by atoms with van der Waals surface area (Å²) < 4.78 is 13.7. The average Bonchev–Trinajstić information content (AvgIpc) is 2.39. The number of rotatable bonds is 3. The van der Waals surface area contributed by atoms with E-state index in [9.17, 15) is 19.3 Å². The Labute approximate surface area is 128 Å². The van der Waals surface area contributed by atoms with Gasteiger partial charge in [0, 0.05) is 22.2 Å². The van der Waals surface area contributed by atoms with Crippen LogP contribution in [-0.4, -0.2) is 10.8 Å². The van der Waals surface area contributed by atoms with Crippen LogP contribution in [0.15, 0.2) is 40.9 Å². The van der Waals surface area contributed by atoms with E-state index >= 15 is 0 Å². The summed E-state index contributed by atoms with van der Waals surface area (Å²) in [7, 11) is 0. The molecule has 108 valence electrons. The van der Waals surface area contributed by atoms with Crippen molar-refractivity contribution in [3.8, 4) is 0 Å². The lowest BCUT2D eigenvalue weighted by Gasteiger charge is -2.08. The zero-order chi connectivity index (χ0) is 15.6. The molecule has 7 heteroatoms. The number of carbonyl (C=O) groups excluding carboxylic acids is 1. The van der Waals surface area contributed by atoms with Crippen molar-refractivity contribution in [1.29, 1.82) is 0 Å². The number of nitrogens with one attached hydrogen (secondary N) is 1. The Morgan fingerprint density at radius 3 is 2.62 bits per heavy atom. The molecule has 0 saturated carbocycles. The van der Waals surface area contributed by atoms with Crippen LogP contribution in [0.3, 0.4) is 0 Å². The van der Waals surface area contributed by atoms with Gasteiger partial charge in [0.15, 0.2) is 0 Å². The highest BCUT2D eigenvalue weighted by molar-refractivity contribution is 9.10. The van der Waals surface area contributed by atoms with Crippen LogP contribution in [0.25, 0.3) is 0 Å². The van der Waals surface area contributed by atoms with Gasteiger partial charge in [0.2, 0.25) is 0 Å². The van der Waals surface area contributed by atoms with Crippen LogP contribution in [-0.2, 0) is 0 Å². The largest absolute Gasteiger partial charge is 0.321 e. The number of amides is 1. The van der Waals surface area contributed by atoms with Crippen molar-refractivity contribution < 1.29 is 14.1 Å². The van der Waals surface area contributed by atoms with Gasteiger partial charge in [-0.3, -0.25) is 14.9 Å². The first kappa shape index (κ1) is 15.1. The molecule has 0 saturated heterocycles. The van der Waals surface area contributed by atoms with Crippen molar-refractivity contribution >= 4 is 33.2 Å². The fourth-order valence-corrected chi connectivity index (χ4v) is 2.20. The molecule has 0 aliphatic heterocycles. The van der Waals surface area contributed by atoms with Crippen LogP contribution in [0.1, 0.15) is 15.9 Å². The molecule has 0 atom stereocenters. The molecule has 1 amide bonds. The van der Waals surface area contributed by atoms with Crippen LogP contribution in [0.2, 0.25) is 0 Å². The molecule has 1 N–H and O–H groups in total. The van der Waals surface area contributed by atoms with Crippen LogP contribution >= 0.6 is 15.9 Å². The third kappa shape index (κ3) is 3.63. The molecular weight excluding hydrogens is 343 g/mol. The van der Waals surface area contributed by atoms with Crippen LogP contribution in [0, 0.1) is 22.9 Å². The van der Waals surface area contributed by atoms with E-state index in [-0.39, 0.29) is 11.3 Å². The lowest BCUT2D eigenvalue weighted by molar-refractivity contribution is -0.384. The Hall–Kier alpha value is -2.28. The fourth-order valence-electron chi connectivity index (χ4n) is 1.74. The normalized spacial score (nSPS) is 10.2. The minimum absolute atomic E-state index is 0.118. The van der Waals surface area contributed by atoms with Crippen molar-refractivity contribution in [3.63, 3.8) is 0 Å². The third-order valence-electron chi connectivity index (χ3n) is 2.80. The van der Waals surface area contributed by atoms with Crippen LogP contribution in [0.5, 0.6) is 0 Å². The quantitative estimate of drug-likeness (QED) is 0.668. The first-order valence-corrected chi connectivity index (χ1v) is 6.68. The SMILES string of the molecule is Cc1ccc([N+](=O)[O-])cc1NC(=O)c1cc(F)cc(Br)c1. The monoisotopic (exact) mass is 352 g/mol. The zero-order valence-electron chi connectivity index (χ0n) is 10.9. The standard InChI is InChI=1S/C14H10BrFN2O3/c1-8-2-3-12(18(20)21)7-13(8)17-14(19)9-4-10(15)6-11(16)5-9/h2-7H,1H3,(H,17,19). The van der Waals surface area contributed by atoms with Gasteiger partial charge in [-0.05, 0) is 30.7 Å². The highest BCUT2D eigenvalue weighted by Crippen LogP contribution is 2.23. The summed E-state index contributed by atoms with van der Waals surface area (Å²) in [6.45, 7) is 1.71. The van der Waals surface area contributed by atoms with Gasteiger partial charge in [0.25, 0.3) is 11.6 Å². The maximum Gasteiger partial charge on any atom is 0.271 e. The molecule has 0 unspecified atom stereocenters. The van der Waals surface area contributed by atoms with Crippen molar-refractivity contribution in [1.82, 2.24) is 0 Å². The number of hydrogen-bond acceptors (Lipinski definition) is 3. The van der Waals surface area contributed by atoms with Gasteiger partial charge in [0.1, 0.15) is 5.82 Å². The van der Waals surface area contributed by atoms with E-state index in [0.29, 0.717) is 15.7 Å². The topological polar surface area (TPSA) is 72.2 Å². The molecule has 0 radical (unpaired) electrons. The number of nitro groups is 1. The second-order valence-corrected chi connectivity index (χ2v) is 5.28. The number of aryl methyl sites for hydroxylation is 1. The zero-order valence-corrected chi connectivity index (χ0v) is 12.5. The number of nitro benzene ring substituents is 1. The fraction of sp³-hybridized carbons (Fsp3) is 0.0714. The third-order valence-corrected chi connectivity index (χ3v) is 3.26. The molecule has 0 aromatic heterocycles. The van der Waals surface area contributed by atoms with E-state index in [1.54, 1.807) is 6.92 Å². The molecule has 0 aliphatic rings. The first-order valence-electron chi connectivity index (χ1n) is 5.89. The molecule has 0 fully saturated rings. The van der Waals surface area contributed by atoms with Crippen molar-refractivity contribution in [2.75, 3.05) is 5.32 Å². The van der Waals surface area contributed by atoms with E-state index in [2.05, 4.69) is 21.2 Å². The van der Waals surface area contributed by atoms with E-state index in [4.69, 9.17) is 0 Å². The lowest BCUT2D eigenvalue weighted by Crippen LogP contribution is -2.13. The predicted octanol–water partition coefficient (Wildman–Crippen LogP) is 4.06. The van der Waals surface area contributed by atoms with Gasteiger partial charge < -0.3 is 5.32 Å². The molecule has 5 nitrogen and oxygen atoms in total. The summed E-state index contributed by atoms with van der Waals surface area (Å²) >= 11 is 3.10. The van der Waals surface area contributed by atoms with Gasteiger partial charge in [-0.25, -0.2) is 4.39 Å². The van der Waals surface area contributed by atoms with Gasteiger partial charge in [0.05, 0.1) is 10.6 Å². The summed E-state index contributed by atoms with van der Waals surface area (Å²) in [5.41, 5.74) is 0.975. The molecule has 0 aliphatic carbocycles. The Bertz CT molecular complexity index is 714. The number of halogens is 2. The number of benzene rings is 2. The molecule has 0 spiro atoms. The molecule has 0 bridgehead atoms. The Morgan fingerprint density at radius 1 is 1.29 bits per heavy atom. The highest BCUT2D eigenvalue weighted by Gasteiger charge is 2.13. The molecule has 2 rings (SSSR count). The van der Waals surface area contributed by atoms with Gasteiger partial charge >= 0.3 is 0 Å². The summed E-state index contributed by atoms with van der Waals surface area (Å²) in [6.07, 6.45) is 0. The molecule has 2 aromatic rings. The van der Waals surface area contributed by atoms with E-state index < -0.39 is 16.6 Å². The number of non-ortho nitro benzene ring substituents is 1. The van der Waals surface area contributed by atoms with E-state index in [1.807, 2.05) is 0 Å². The Kier molecular flexibility index (Phi) is 4.32. The molecule has 0 heterocycles. The average molecular weight is 353 g/mol. The molecule has 21 heavy (non-hydrogen) atoms. The molecule has 2 aromatic carbocycles. The van der Waals surface area contributed by atoms with Gasteiger partial charge in [-0.1, -0.05) is 22.0 Å². The number of anilines is 1. The smallest absolute Gasteiger partial charge is 0.271 e. The van der Waals surface area contributed by atoms with Crippen molar-refractivity contribution in [2.24, 2.45) is 0 Å². The minimum atomic E-state index is -0.551. The highest BCUT2D eigenvalue weighted by atomic mass is 79.9. The second-order valence-electron chi connectivity index (χ2n) is 4.37. The maximum atomic E-state index is 13.3. The van der Waals surface area contributed by atoms with E-state index in [1.165, 1.54) is 30.3 Å². The Balaban J connectivity index is 2.31. The number of carbonyl (C=O) groups is 1. The number of hydrogen-bond donors (Lipinski definition) is 1.